The SMILES string of the molecule is O=C(N1CCOCC1)N1CCN2C(C(c3ccccc3)c3ccccc3)CNC[C@@H]2C1. The number of hydrogen-bond acceptors (Lipinski definition) is 4. The summed E-state index contributed by atoms with van der Waals surface area (Å²) in [6.45, 7) is 7.09. The largest absolute Gasteiger partial charge is 0.378 e. The summed E-state index contributed by atoms with van der Waals surface area (Å²) in [4.78, 5) is 19.7. The Morgan fingerprint density at radius 1 is 0.839 bits per heavy atom. The fourth-order valence-corrected chi connectivity index (χ4v) is 5.40. The molecule has 3 saturated heterocycles. The number of urea groups is 1. The van der Waals surface area contributed by atoms with Gasteiger partial charge in [0, 0.05) is 63.8 Å². The van der Waals surface area contributed by atoms with Crippen LogP contribution in [0.2, 0.25) is 0 Å². The molecule has 3 fully saturated rings. The van der Waals surface area contributed by atoms with Crippen LogP contribution in [0.3, 0.4) is 0 Å². The number of rotatable bonds is 3. The second kappa shape index (κ2) is 9.39. The molecule has 1 N–H and O–H groups in total. The Hall–Kier alpha value is -2.41. The number of benzene rings is 2. The minimum absolute atomic E-state index is 0.174. The van der Waals surface area contributed by atoms with E-state index in [0.717, 1.165) is 32.7 Å². The number of hydrogen-bond donors (Lipinski definition) is 1. The van der Waals surface area contributed by atoms with Gasteiger partial charge in [0.05, 0.1) is 13.2 Å². The Bertz CT molecular complexity index is 817. The number of carbonyl (C=O) groups excluding carboxylic acids is 1. The number of carbonyl (C=O) groups is 1. The lowest BCUT2D eigenvalue weighted by Gasteiger charge is -2.51. The van der Waals surface area contributed by atoms with Crippen LogP contribution >= 0.6 is 0 Å². The maximum Gasteiger partial charge on any atom is 0.320 e. The molecule has 3 aliphatic heterocycles. The zero-order chi connectivity index (χ0) is 21.0. The number of nitrogens with zero attached hydrogens (tertiary/aromatic N) is 3. The van der Waals surface area contributed by atoms with E-state index in [1.165, 1.54) is 11.1 Å². The Labute approximate surface area is 184 Å². The van der Waals surface area contributed by atoms with Crippen molar-refractivity contribution in [3.8, 4) is 0 Å². The summed E-state index contributed by atoms with van der Waals surface area (Å²) >= 11 is 0. The molecule has 3 aliphatic rings. The van der Waals surface area contributed by atoms with Gasteiger partial charge in [0.1, 0.15) is 0 Å². The predicted molar refractivity (Wildman–Crippen MR) is 121 cm³/mol. The number of fused-ring (bicyclic) bond motifs is 1. The van der Waals surface area contributed by atoms with Gasteiger partial charge in [-0.05, 0) is 11.1 Å². The van der Waals surface area contributed by atoms with Gasteiger partial charge in [-0.25, -0.2) is 4.79 Å². The topological polar surface area (TPSA) is 48.1 Å². The van der Waals surface area contributed by atoms with Gasteiger partial charge in [-0.3, -0.25) is 4.90 Å². The van der Waals surface area contributed by atoms with Crippen LogP contribution in [0, 0.1) is 0 Å². The van der Waals surface area contributed by atoms with Gasteiger partial charge in [-0.1, -0.05) is 60.7 Å². The summed E-state index contributed by atoms with van der Waals surface area (Å²) in [5, 5.41) is 3.68. The molecule has 0 bridgehead atoms. The van der Waals surface area contributed by atoms with E-state index >= 15 is 0 Å². The average Bonchev–Trinajstić information content (AvgIpc) is 2.85. The predicted octanol–water partition coefficient (Wildman–Crippen LogP) is 2.23. The van der Waals surface area contributed by atoms with E-state index in [9.17, 15) is 4.79 Å². The molecule has 0 aliphatic carbocycles. The molecule has 0 aromatic heterocycles. The number of amides is 2. The van der Waals surface area contributed by atoms with Crippen molar-refractivity contribution in [3.05, 3.63) is 71.8 Å². The van der Waals surface area contributed by atoms with Crippen LogP contribution in [0.4, 0.5) is 4.79 Å². The molecule has 2 aromatic rings. The van der Waals surface area contributed by atoms with Gasteiger partial charge in [0.15, 0.2) is 0 Å². The van der Waals surface area contributed by atoms with Crippen LogP contribution in [-0.2, 0) is 4.74 Å². The van der Waals surface area contributed by atoms with Crippen LogP contribution < -0.4 is 5.32 Å². The van der Waals surface area contributed by atoms with Gasteiger partial charge in [-0.2, -0.15) is 0 Å². The summed E-state index contributed by atoms with van der Waals surface area (Å²) in [6, 6.07) is 22.6. The fraction of sp³-hybridized carbons (Fsp3) is 0.480. The highest BCUT2D eigenvalue weighted by molar-refractivity contribution is 5.74. The molecule has 2 amide bonds. The van der Waals surface area contributed by atoms with E-state index in [1.54, 1.807) is 0 Å². The van der Waals surface area contributed by atoms with Gasteiger partial charge in [-0.15, -0.1) is 0 Å². The van der Waals surface area contributed by atoms with E-state index in [4.69, 9.17) is 4.74 Å². The zero-order valence-corrected chi connectivity index (χ0v) is 18.0. The van der Waals surface area contributed by atoms with Crippen molar-refractivity contribution in [1.82, 2.24) is 20.0 Å². The van der Waals surface area contributed by atoms with Crippen LogP contribution in [0.1, 0.15) is 17.0 Å². The molecule has 6 heteroatoms. The molecule has 0 saturated carbocycles. The lowest BCUT2D eigenvalue weighted by molar-refractivity contribution is 0.00751. The van der Waals surface area contributed by atoms with Gasteiger partial charge in [0.2, 0.25) is 0 Å². The lowest BCUT2D eigenvalue weighted by atomic mass is 9.82. The highest BCUT2D eigenvalue weighted by Crippen LogP contribution is 2.34. The standard InChI is InChI=1S/C25H32N4O2/c30-25(27-13-15-31-16-14-27)28-11-12-29-22(19-28)17-26-18-23(29)24(20-7-3-1-4-8-20)21-9-5-2-6-10-21/h1-10,22-24,26H,11-19H2/t22-,23?/m1/s1. The van der Waals surface area contributed by atoms with E-state index in [-0.39, 0.29) is 6.03 Å². The van der Waals surface area contributed by atoms with Gasteiger partial charge < -0.3 is 19.9 Å². The molecular weight excluding hydrogens is 388 g/mol. The van der Waals surface area contributed by atoms with Crippen molar-refractivity contribution < 1.29 is 9.53 Å². The highest BCUT2D eigenvalue weighted by Gasteiger charge is 2.41. The first-order chi connectivity index (χ1) is 15.3. The van der Waals surface area contributed by atoms with Crippen molar-refractivity contribution in [2.24, 2.45) is 0 Å². The molecule has 0 radical (unpaired) electrons. The maximum atomic E-state index is 13.0. The first-order valence-corrected chi connectivity index (χ1v) is 11.5. The first-order valence-electron chi connectivity index (χ1n) is 11.5. The zero-order valence-electron chi connectivity index (χ0n) is 18.0. The Balaban J connectivity index is 1.36. The molecule has 3 heterocycles. The van der Waals surface area contributed by atoms with Crippen LogP contribution in [0.15, 0.2) is 60.7 Å². The normalized spacial score (nSPS) is 24.8. The lowest BCUT2D eigenvalue weighted by Crippen LogP contribution is -2.67. The third-order valence-corrected chi connectivity index (χ3v) is 6.94. The number of ether oxygens (including phenoxy) is 1. The van der Waals surface area contributed by atoms with Crippen molar-refractivity contribution in [1.29, 1.82) is 0 Å². The first kappa shape index (κ1) is 20.5. The molecule has 5 rings (SSSR count). The molecule has 0 spiro atoms. The van der Waals surface area contributed by atoms with Crippen LogP contribution in [0.25, 0.3) is 0 Å². The van der Waals surface area contributed by atoms with Crippen molar-refractivity contribution in [2.45, 2.75) is 18.0 Å². The fourth-order valence-electron chi connectivity index (χ4n) is 5.40. The quantitative estimate of drug-likeness (QED) is 0.827. The molecule has 1 unspecified atom stereocenters. The second-order valence-electron chi connectivity index (χ2n) is 8.74. The smallest absolute Gasteiger partial charge is 0.320 e. The molecule has 31 heavy (non-hydrogen) atoms. The van der Waals surface area contributed by atoms with E-state index in [2.05, 4.69) is 75.8 Å². The molecule has 2 atom stereocenters. The third kappa shape index (κ3) is 4.33. The Kier molecular flexibility index (Phi) is 6.20. The van der Waals surface area contributed by atoms with Crippen molar-refractivity contribution in [2.75, 3.05) is 59.0 Å². The van der Waals surface area contributed by atoms with Crippen LogP contribution in [0.5, 0.6) is 0 Å². The minimum atomic E-state index is 0.174. The number of nitrogens with one attached hydrogen (secondary N) is 1. The van der Waals surface area contributed by atoms with Gasteiger partial charge >= 0.3 is 6.03 Å². The monoisotopic (exact) mass is 420 g/mol. The molecule has 6 nitrogen and oxygen atoms in total. The van der Waals surface area contributed by atoms with Crippen molar-refractivity contribution in [3.63, 3.8) is 0 Å². The summed E-state index contributed by atoms with van der Waals surface area (Å²) in [5.74, 6) is 0.305. The summed E-state index contributed by atoms with van der Waals surface area (Å²) in [5.41, 5.74) is 2.71. The number of morpholine rings is 1. The van der Waals surface area contributed by atoms with E-state index in [1.807, 2.05) is 4.90 Å². The van der Waals surface area contributed by atoms with Crippen molar-refractivity contribution >= 4 is 6.03 Å². The summed E-state index contributed by atoms with van der Waals surface area (Å²) in [6.07, 6.45) is 0. The van der Waals surface area contributed by atoms with Crippen LogP contribution in [-0.4, -0.2) is 91.8 Å². The maximum absolute atomic E-state index is 13.0. The highest BCUT2D eigenvalue weighted by atomic mass is 16.5. The summed E-state index contributed by atoms with van der Waals surface area (Å²) < 4.78 is 5.42. The molecule has 164 valence electrons. The Morgan fingerprint density at radius 2 is 1.48 bits per heavy atom. The third-order valence-electron chi connectivity index (χ3n) is 6.94. The minimum Gasteiger partial charge on any atom is -0.378 e. The van der Waals surface area contributed by atoms with E-state index in [0.29, 0.717) is 44.3 Å². The average molecular weight is 421 g/mol. The number of piperazine rings is 2. The molecular formula is C25H32N4O2. The Morgan fingerprint density at radius 3 is 2.13 bits per heavy atom. The second-order valence-corrected chi connectivity index (χ2v) is 8.74. The summed E-state index contributed by atoms with van der Waals surface area (Å²) in [7, 11) is 0. The van der Waals surface area contributed by atoms with Gasteiger partial charge in [0.25, 0.3) is 0 Å². The molecule has 2 aromatic carbocycles. The van der Waals surface area contributed by atoms with E-state index < -0.39 is 0 Å².